The highest BCUT2D eigenvalue weighted by Crippen LogP contribution is 2.20. The summed E-state index contributed by atoms with van der Waals surface area (Å²) in [6, 6.07) is 14.5. The molecule has 116 valence electrons. The standard InChI is InChI=1S/C16H18N2O3S/c1-12-14(9-6-10-15(12)18-22(2,20)21)16(19)17-11-13-7-4-3-5-8-13/h3-10,18H,11H2,1-2H3,(H,17,19). The molecule has 0 aromatic heterocycles. The highest BCUT2D eigenvalue weighted by atomic mass is 32.2. The van der Waals surface area contributed by atoms with Gasteiger partial charge in [0.1, 0.15) is 0 Å². The largest absolute Gasteiger partial charge is 0.348 e. The normalized spacial score (nSPS) is 11.0. The molecule has 2 aromatic carbocycles. The number of hydrogen-bond donors (Lipinski definition) is 2. The zero-order chi connectivity index (χ0) is 16.2. The second-order valence-corrected chi connectivity index (χ2v) is 6.77. The fraction of sp³-hybridized carbons (Fsp3) is 0.188. The molecule has 1 amide bonds. The number of rotatable bonds is 5. The van der Waals surface area contributed by atoms with Gasteiger partial charge in [0.15, 0.2) is 0 Å². The maximum atomic E-state index is 12.3. The fourth-order valence-electron chi connectivity index (χ4n) is 2.07. The summed E-state index contributed by atoms with van der Waals surface area (Å²) < 4.78 is 25.1. The monoisotopic (exact) mass is 318 g/mol. The zero-order valence-electron chi connectivity index (χ0n) is 12.5. The smallest absolute Gasteiger partial charge is 0.251 e. The first-order chi connectivity index (χ1) is 10.4. The Morgan fingerprint density at radius 3 is 2.36 bits per heavy atom. The third-order valence-corrected chi connectivity index (χ3v) is 3.76. The quantitative estimate of drug-likeness (QED) is 0.888. The summed E-state index contributed by atoms with van der Waals surface area (Å²) >= 11 is 0. The first-order valence-electron chi connectivity index (χ1n) is 6.76. The SMILES string of the molecule is Cc1c(NS(C)(=O)=O)cccc1C(=O)NCc1ccccc1. The molecule has 0 aliphatic heterocycles. The minimum absolute atomic E-state index is 0.237. The van der Waals surface area contributed by atoms with Crippen LogP contribution < -0.4 is 10.0 Å². The number of anilines is 1. The molecule has 2 aromatic rings. The lowest BCUT2D eigenvalue weighted by atomic mass is 10.1. The molecule has 6 heteroatoms. The minimum atomic E-state index is -3.38. The summed E-state index contributed by atoms with van der Waals surface area (Å²) in [5, 5.41) is 2.83. The second-order valence-electron chi connectivity index (χ2n) is 5.02. The van der Waals surface area contributed by atoms with Crippen LogP contribution in [0, 0.1) is 6.92 Å². The molecule has 22 heavy (non-hydrogen) atoms. The lowest BCUT2D eigenvalue weighted by molar-refractivity contribution is 0.0950. The summed E-state index contributed by atoms with van der Waals surface area (Å²) in [7, 11) is -3.38. The predicted molar refractivity (Wildman–Crippen MR) is 87.3 cm³/mol. The van der Waals surface area contributed by atoms with Gasteiger partial charge in [0.05, 0.1) is 11.9 Å². The summed E-state index contributed by atoms with van der Waals surface area (Å²) in [5.41, 5.74) is 2.46. The number of sulfonamides is 1. The van der Waals surface area contributed by atoms with Crippen molar-refractivity contribution in [2.75, 3.05) is 11.0 Å². The average molecular weight is 318 g/mol. The summed E-state index contributed by atoms with van der Waals surface area (Å²) in [5.74, 6) is -0.237. The molecule has 2 rings (SSSR count). The van der Waals surface area contributed by atoms with E-state index in [0.29, 0.717) is 23.4 Å². The van der Waals surface area contributed by atoms with Gasteiger partial charge in [-0.3, -0.25) is 9.52 Å². The van der Waals surface area contributed by atoms with Crippen LogP contribution in [0.25, 0.3) is 0 Å². The molecule has 0 spiro atoms. The van der Waals surface area contributed by atoms with Gasteiger partial charge in [-0.25, -0.2) is 8.42 Å². The molecule has 0 atom stereocenters. The Labute approximate surface area is 130 Å². The second kappa shape index (κ2) is 6.62. The molecule has 0 fully saturated rings. The first-order valence-corrected chi connectivity index (χ1v) is 8.65. The maximum absolute atomic E-state index is 12.3. The topological polar surface area (TPSA) is 75.3 Å². The van der Waals surface area contributed by atoms with E-state index in [4.69, 9.17) is 0 Å². The average Bonchev–Trinajstić information content (AvgIpc) is 2.47. The molecular weight excluding hydrogens is 300 g/mol. The van der Waals surface area contributed by atoms with Crippen molar-refractivity contribution in [2.45, 2.75) is 13.5 Å². The Bertz CT molecular complexity index is 771. The molecule has 0 saturated carbocycles. The number of hydrogen-bond acceptors (Lipinski definition) is 3. The highest BCUT2D eigenvalue weighted by Gasteiger charge is 2.13. The van der Waals surface area contributed by atoms with Gasteiger partial charge in [-0.1, -0.05) is 36.4 Å². The summed E-state index contributed by atoms with van der Waals surface area (Å²) in [6.45, 7) is 2.13. The van der Waals surface area contributed by atoms with Crippen molar-refractivity contribution in [1.82, 2.24) is 5.32 Å². The molecule has 0 radical (unpaired) electrons. The minimum Gasteiger partial charge on any atom is -0.348 e. The van der Waals surface area contributed by atoms with Crippen molar-refractivity contribution in [2.24, 2.45) is 0 Å². The van der Waals surface area contributed by atoms with Crippen LogP contribution in [0.1, 0.15) is 21.5 Å². The predicted octanol–water partition coefficient (Wildman–Crippen LogP) is 2.30. The Morgan fingerprint density at radius 1 is 1.05 bits per heavy atom. The van der Waals surface area contributed by atoms with Gasteiger partial charge in [0.2, 0.25) is 10.0 Å². The van der Waals surface area contributed by atoms with E-state index in [-0.39, 0.29) is 5.91 Å². The van der Waals surface area contributed by atoms with Crippen molar-refractivity contribution >= 4 is 21.6 Å². The molecule has 2 N–H and O–H groups in total. The molecule has 5 nitrogen and oxygen atoms in total. The van der Waals surface area contributed by atoms with Gasteiger partial charge < -0.3 is 5.32 Å². The lowest BCUT2D eigenvalue weighted by Crippen LogP contribution is -2.24. The van der Waals surface area contributed by atoms with Gasteiger partial charge in [-0.15, -0.1) is 0 Å². The Balaban J connectivity index is 2.14. The number of amides is 1. The van der Waals surface area contributed by atoms with Gasteiger partial charge in [-0.05, 0) is 30.2 Å². The van der Waals surface area contributed by atoms with E-state index in [0.717, 1.165) is 11.8 Å². The van der Waals surface area contributed by atoms with Crippen LogP contribution in [0.15, 0.2) is 48.5 Å². The van der Waals surface area contributed by atoms with Crippen LogP contribution in [0.5, 0.6) is 0 Å². The Morgan fingerprint density at radius 2 is 1.73 bits per heavy atom. The van der Waals surface area contributed by atoms with Gasteiger partial charge in [-0.2, -0.15) is 0 Å². The molecular formula is C16H18N2O3S. The van der Waals surface area contributed by atoms with E-state index in [1.54, 1.807) is 25.1 Å². The number of carbonyl (C=O) groups excluding carboxylic acids is 1. The van der Waals surface area contributed by atoms with Crippen LogP contribution in [0.4, 0.5) is 5.69 Å². The van der Waals surface area contributed by atoms with Crippen LogP contribution >= 0.6 is 0 Å². The van der Waals surface area contributed by atoms with Crippen molar-refractivity contribution in [1.29, 1.82) is 0 Å². The first kappa shape index (κ1) is 16.0. The number of carbonyl (C=O) groups is 1. The Kier molecular flexibility index (Phi) is 4.82. The van der Waals surface area contributed by atoms with Crippen LogP contribution in [-0.4, -0.2) is 20.6 Å². The summed E-state index contributed by atoms with van der Waals surface area (Å²) in [4.78, 5) is 12.3. The van der Waals surface area contributed by atoms with E-state index >= 15 is 0 Å². The third-order valence-electron chi connectivity index (χ3n) is 3.17. The summed E-state index contributed by atoms with van der Waals surface area (Å²) in [6.07, 6.45) is 1.08. The molecule has 0 aliphatic rings. The maximum Gasteiger partial charge on any atom is 0.251 e. The van der Waals surface area contributed by atoms with E-state index < -0.39 is 10.0 Å². The van der Waals surface area contributed by atoms with Gasteiger partial charge >= 0.3 is 0 Å². The molecule has 0 unspecified atom stereocenters. The molecule has 0 aliphatic carbocycles. The highest BCUT2D eigenvalue weighted by molar-refractivity contribution is 7.92. The Hall–Kier alpha value is -2.34. The fourth-order valence-corrected chi connectivity index (χ4v) is 2.69. The zero-order valence-corrected chi connectivity index (χ0v) is 13.3. The lowest BCUT2D eigenvalue weighted by Gasteiger charge is -2.12. The molecule has 0 saturated heterocycles. The van der Waals surface area contributed by atoms with Crippen LogP contribution in [-0.2, 0) is 16.6 Å². The van der Waals surface area contributed by atoms with Crippen LogP contribution in [0.2, 0.25) is 0 Å². The van der Waals surface area contributed by atoms with Gasteiger partial charge in [0, 0.05) is 12.1 Å². The van der Waals surface area contributed by atoms with Crippen molar-refractivity contribution in [3.63, 3.8) is 0 Å². The van der Waals surface area contributed by atoms with E-state index in [2.05, 4.69) is 10.0 Å². The molecule has 0 bridgehead atoms. The van der Waals surface area contributed by atoms with E-state index in [1.807, 2.05) is 30.3 Å². The van der Waals surface area contributed by atoms with E-state index in [1.165, 1.54) is 0 Å². The third kappa shape index (κ3) is 4.33. The van der Waals surface area contributed by atoms with Crippen molar-refractivity contribution < 1.29 is 13.2 Å². The number of benzene rings is 2. The van der Waals surface area contributed by atoms with E-state index in [9.17, 15) is 13.2 Å². The van der Waals surface area contributed by atoms with Crippen molar-refractivity contribution in [3.8, 4) is 0 Å². The van der Waals surface area contributed by atoms with Gasteiger partial charge in [0.25, 0.3) is 5.91 Å². The molecule has 0 heterocycles. The number of nitrogens with one attached hydrogen (secondary N) is 2. The van der Waals surface area contributed by atoms with Crippen molar-refractivity contribution in [3.05, 3.63) is 65.2 Å². The van der Waals surface area contributed by atoms with Crippen LogP contribution in [0.3, 0.4) is 0 Å².